The van der Waals surface area contributed by atoms with Crippen molar-refractivity contribution in [3.05, 3.63) is 59.5 Å². The minimum atomic E-state index is 0.00501. The number of fused-ring (bicyclic) bond motifs is 1. The Hall–Kier alpha value is -2.61. The highest BCUT2D eigenvalue weighted by Gasteiger charge is 2.27. The molecular weight excluding hydrogens is 426 g/mol. The minimum absolute atomic E-state index is 0.00501. The number of amides is 2. The molecule has 0 spiro atoms. The molecule has 8 heteroatoms. The number of urea groups is 1. The van der Waals surface area contributed by atoms with Gasteiger partial charge in [-0.05, 0) is 54.7 Å². The van der Waals surface area contributed by atoms with Crippen LogP contribution in [0.5, 0.6) is 0 Å². The lowest BCUT2D eigenvalue weighted by Gasteiger charge is -2.33. The smallest absolute Gasteiger partial charge is 0.317 e. The second kappa shape index (κ2) is 9.48. The van der Waals surface area contributed by atoms with Gasteiger partial charge in [-0.2, -0.15) is 0 Å². The molecule has 2 N–H and O–H groups in total. The number of hydrogen-bond donors (Lipinski definition) is 2. The van der Waals surface area contributed by atoms with Crippen molar-refractivity contribution in [2.45, 2.75) is 24.9 Å². The lowest BCUT2D eigenvalue weighted by Crippen LogP contribution is -2.49. The second-order valence-corrected chi connectivity index (χ2v) is 8.90. The van der Waals surface area contributed by atoms with Crippen molar-refractivity contribution < 1.29 is 9.53 Å². The maximum absolute atomic E-state index is 12.6. The minimum Gasteiger partial charge on any atom is -0.374 e. The fraction of sp³-hybridized carbons (Fsp3) is 0.417. The quantitative estimate of drug-likeness (QED) is 0.633. The maximum atomic E-state index is 12.6. The number of pyridine rings is 1. The molecule has 0 saturated carbocycles. The largest absolute Gasteiger partial charge is 0.374 e. The number of ether oxygens (including phenoxy) is 1. The summed E-state index contributed by atoms with van der Waals surface area (Å²) < 4.78 is 7.85. The van der Waals surface area contributed by atoms with Crippen LogP contribution in [0.25, 0.3) is 16.6 Å². The van der Waals surface area contributed by atoms with Crippen LogP contribution in [0.4, 0.5) is 4.79 Å². The predicted octanol–water partition coefficient (Wildman–Crippen LogP) is 3.56. The van der Waals surface area contributed by atoms with Crippen LogP contribution in [0.2, 0.25) is 5.02 Å². The van der Waals surface area contributed by atoms with Gasteiger partial charge < -0.3 is 24.8 Å². The Morgan fingerprint density at radius 1 is 1.22 bits per heavy atom. The molecule has 32 heavy (non-hydrogen) atoms. The number of piperidine rings is 1. The molecule has 7 nitrogen and oxygen atoms in total. The average Bonchev–Trinajstić information content (AvgIpc) is 3.23. The zero-order valence-corrected chi connectivity index (χ0v) is 18.7. The van der Waals surface area contributed by atoms with Crippen LogP contribution in [0.15, 0.2) is 48.9 Å². The summed E-state index contributed by atoms with van der Waals surface area (Å²) in [7, 11) is 0. The standard InChI is InChI=1S/C24H28ClN5O2/c25-18-1-3-19(4-2-18)30-16-22(21-5-8-26-15-23(21)30)17-6-10-29(11-7-17)24(31)28-14-20-13-27-9-12-32-20/h1-5,8,15-17,20,27H,6-7,9-14H2,(H,28,31). The highest BCUT2D eigenvalue weighted by molar-refractivity contribution is 6.30. The van der Waals surface area contributed by atoms with Crippen molar-refractivity contribution in [2.24, 2.45) is 0 Å². The van der Waals surface area contributed by atoms with Gasteiger partial charge in [0.15, 0.2) is 0 Å². The van der Waals surface area contributed by atoms with Crippen LogP contribution in [-0.4, -0.2) is 65.9 Å². The van der Waals surface area contributed by atoms with Gasteiger partial charge in [-0.25, -0.2) is 4.79 Å². The van der Waals surface area contributed by atoms with Crippen LogP contribution in [-0.2, 0) is 4.74 Å². The number of rotatable bonds is 4. The van der Waals surface area contributed by atoms with Gasteiger partial charge in [0.25, 0.3) is 0 Å². The number of nitrogens with zero attached hydrogens (tertiary/aromatic N) is 3. The van der Waals surface area contributed by atoms with Gasteiger partial charge in [0.05, 0.1) is 24.4 Å². The lowest BCUT2D eigenvalue weighted by atomic mass is 9.89. The van der Waals surface area contributed by atoms with Crippen molar-refractivity contribution in [3.63, 3.8) is 0 Å². The zero-order valence-electron chi connectivity index (χ0n) is 18.0. The summed E-state index contributed by atoms with van der Waals surface area (Å²) in [5, 5.41) is 8.27. The molecular formula is C24H28ClN5O2. The van der Waals surface area contributed by atoms with E-state index in [0.717, 1.165) is 55.2 Å². The highest BCUT2D eigenvalue weighted by atomic mass is 35.5. The average molecular weight is 454 g/mol. The summed E-state index contributed by atoms with van der Waals surface area (Å²) in [6, 6.07) is 9.96. The van der Waals surface area contributed by atoms with Crippen molar-refractivity contribution in [1.82, 2.24) is 25.1 Å². The monoisotopic (exact) mass is 453 g/mol. The van der Waals surface area contributed by atoms with E-state index in [9.17, 15) is 4.79 Å². The summed E-state index contributed by atoms with van der Waals surface area (Å²) in [5.41, 5.74) is 3.47. The molecule has 0 bridgehead atoms. The van der Waals surface area contributed by atoms with E-state index in [0.29, 0.717) is 19.1 Å². The number of hydrogen-bond acceptors (Lipinski definition) is 4. The van der Waals surface area contributed by atoms with Crippen molar-refractivity contribution in [1.29, 1.82) is 0 Å². The summed E-state index contributed by atoms with van der Waals surface area (Å²) in [6.07, 6.45) is 7.93. The van der Waals surface area contributed by atoms with Crippen LogP contribution >= 0.6 is 11.6 Å². The number of nitrogens with one attached hydrogen (secondary N) is 2. The topological polar surface area (TPSA) is 71.4 Å². The Morgan fingerprint density at radius 3 is 2.78 bits per heavy atom. The van der Waals surface area contributed by atoms with E-state index in [4.69, 9.17) is 16.3 Å². The molecule has 4 heterocycles. The first-order valence-corrected chi connectivity index (χ1v) is 11.6. The summed E-state index contributed by atoms with van der Waals surface area (Å²) in [4.78, 5) is 18.9. The van der Waals surface area contributed by atoms with Crippen LogP contribution in [0.1, 0.15) is 24.3 Å². The molecule has 2 aliphatic rings. The zero-order chi connectivity index (χ0) is 21.9. The molecule has 0 radical (unpaired) electrons. The number of benzene rings is 1. The Morgan fingerprint density at radius 2 is 2.03 bits per heavy atom. The third-order valence-electron chi connectivity index (χ3n) is 6.45. The SMILES string of the molecule is O=C(NCC1CNCCO1)N1CCC(c2cn(-c3ccc(Cl)cc3)c3cnccc23)CC1. The molecule has 3 aromatic rings. The maximum Gasteiger partial charge on any atom is 0.317 e. The van der Waals surface area contributed by atoms with E-state index in [-0.39, 0.29) is 12.1 Å². The number of likely N-dealkylation sites (tertiary alicyclic amines) is 1. The van der Waals surface area contributed by atoms with Crippen molar-refractivity contribution in [2.75, 3.05) is 39.3 Å². The molecule has 1 aromatic carbocycles. The van der Waals surface area contributed by atoms with Gasteiger partial charge in [-0.3, -0.25) is 4.98 Å². The first-order valence-electron chi connectivity index (χ1n) is 11.2. The lowest BCUT2D eigenvalue weighted by molar-refractivity contribution is 0.0297. The van der Waals surface area contributed by atoms with E-state index >= 15 is 0 Å². The highest BCUT2D eigenvalue weighted by Crippen LogP contribution is 2.35. The second-order valence-electron chi connectivity index (χ2n) is 8.47. The number of carbonyl (C=O) groups excluding carboxylic acids is 1. The van der Waals surface area contributed by atoms with Gasteiger partial charge in [0.2, 0.25) is 0 Å². The number of halogens is 1. The summed E-state index contributed by atoms with van der Waals surface area (Å²) in [6.45, 7) is 4.41. The van der Waals surface area contributed by atoms with Crippen molar-refractivity contribution >= 4 is 28.5 Å². The molecule has 2 saturated heterocycles. The van der Waals surface area contributed by atoms with Gasteiger partial charge in [0, 0.05) is 61.2 Å². The van der Waals surface area contributed by atoms with Crippen LogP contribution in [0, 0.1) is 0 Å². The van der Waals surface area contributed by atoms with E-state index in [2.05, 4.69) is 32.4 Å². The normalized spacial score (nSPS) is 19.9. The van der Waals surface area contributed by atoms with Crippen LogP contribution in [0.3, 0.4) is 0 Å². The predicted molar refractivity (Wildman–Crippen MR) is 126 cm³/mol. The molecule has 0 aliphatic carbocycles. The van der Waals surface area contributed by atoms with E-state index in [1.807, 2.05) is 41.6 Å². The Bertz CT molecular complexity index is 1070. The van der Waals surface area contributed by atoms with Crippen LogP contribution < -0.4 is 10.6 Å². The molecule has 2 aromatic heterocycles. The molecule has 1 atom stereocenters. The first-order chi connectivity index (χ1) is 15.7. The van der Waals surface area contributed by atoms with Gasteiger partial charge in [0.1, 0.15) is 0 Å². The fourth-order valence-electron chi connectivity index (χ4n) is 4.70. The third kappa shape index (κ3) is 4.46. The van der Waals surface area contributed by atoms with Gasteiger partial charge >= 0.3 is 6.03 Å². The fourth-order valence-corrected chi connectivity index (χ4v) is 4.82. The molecule has 5 rings (SSSR count). The Kier molecular flexibility index (Phi) is 6.30. The van der Waals surface area contributed by atoms with E-state index < -0.39 is 0 Å². The molecule has 1 unspecified atom stereocenters. The van der Waals surface area contributed by atoms with Gasteiger partial charge in [-0.15, -0.1) is 0 Å². The summed E-state index contributed by atoms with van der Waals surface area (Å²) in [5.74, 6) is 0.406. The molecule has 168 valence electrons. The Labute approximate surface area is 192 Å². The van der Waals surface area contributed by atoms with E-state index in [1.165, 1.54) is 10.9 Å². The third-order valence-corrected chi connectivity index (χ3v) is 6.70. The Balaban J connectivity index is 1.27. The van der Waals surface area contributed by atoms with E-state index in [1.54, 1.807) is 0 Å². The number of carbonyl (C=O) groups is 1. The molecule has 2 amide bonds. The van der Waals surface area contributed by atoms with Crippen molar-refractivity contribution in [3.8, 4) is 5.69 Å². The molecule has 2 fully saturated rings. The number of morpholine rings is 1. The van der Waals surface area contributed by atoms with Gasteiger partial charge in [-0.1, -0.05) is 11.6 Å². The molecule has 2 aliphatic heterocycles. The number of aromatic nitrogens is 2. The summed E-state index contributed by atoms with van der Waals surface area (Å²) >= 11 is 6.08. The first kappa shape index (κ1) is 21.2.